The lowest BCUT2D eigenvalue weighted by Crippen LogP contribution is -2.14. The molecule has 0 unspecified atom stereocenters. The lowest BCUT2D eigenvalue weighted by molar-refractivity contribution is 0.417. The molecule has 3 aromatic rings. The molecule has 3 N–H and O–H groups in total. The van der Waals surface area contributed by atoms with Crippen LogP contribution in [0.5, 0.6) is 17.2 Å². The van der Waals surface area contributed by atoms with Gasteiger partial charge in [0, 0.05) is 5.69 Å². The molecule has 3 aromatic carbocycles. The molecule has 0 fully saturated rings. The predicted octanol–water partition coefficient (Wildman–Crippen LogP) is 3.87. The van der Waals surface area contributed by atoms with Crippen LogP contribution in [-0.2, 0) is 10.0 Å². The summed E-state index contributed by atoms with van der Waals surface area (Å²) in [6.07, 6.45) is 0. The van der Waals surface area contributed by atoms with Gasteiger partial charge in [0.25, 0.3) is 10.0 Å². The van der Waals surface area contributed by atoms with Crippen LogP contribution < -0.4 is 19.9 Å². The molecule has 0 saturated carbocycles. The first-order valence-corrected chi connectivity index (χ1v) is 9.26. The molecule has 0 saturated heterocycles. The SMILES string of the molecule is COc1ccccc1NS(=O)(=O)c1ccccc1Oc1ccc(N)cc1. The van der Waals surface area contributed by atoms with Crippen molar-refractivity contribution in [3.05, 3.63) is 72.8 Å². The number of hydrogen-bond acceptors (Lipinski definition) is 5. The lowest BCUT2D eigenvalue weighted by atomic mass is 10.3. The van der Waals surface area contributed by atoms with Crippen molar-refractivity contribution in [2.24, 2.45) is 0 Å². The molecule has 0 heterocycles. The average Bonchev–Trinajstić information content (AvgIpc) is 2.64. The van der Waals surface area contributed by atoms with Crippen LogP contribution in [0.4, 0.5) is 11.4 Å². The fourth-order valence-electron chi connectivity index (χ4n) is 2.35. The van der Waals surface area contributed by atoms with Crippen molar-refractivity contribution >= 4 is 21.4 Å². The van der Waals surface area contributed by atoms with E-state index in [2.05, 4.69) is 4.72 Å². The van der Waals surface area contributed by atoms with E-state index in [4.69, 9.17) is 15.2 Å². The number of rotatable bonds is 6. The van der Waals surface area contributed by atoms with Crippen LogP contribution in [0, 0.1) is 0 Å². The summed E-state index contributed by atoms with van der Waals surface area (Å²) in [5.74, 6) is 1.12. The van der Waals surface area contributed by atoms with Crippen LogP contribution >= 0.6 is 0 Å². The molecule has 0 atom stereocenters. The number of benzene rings is 3. The maximum absolute atomic E-state index is 12.9. The molecule has 7 heteroatoms. The molecule has 0 aliphatic rings. The third-order valence-corrected chi connectivity index (χ3v) is 5.00. The predicted molar refractivity (Wildman–Crippen MR) is 101 cm³/mol. The van der Waals surface area contributed by atoms with Crippen molar-refractivity contribution < 1.29 is 17.9 Å². The van der Waals surface area contributed by atoms with Crippen LogP contribution in [0.2, 0.25) is 0 Å². The van der Waals surface area contributed by atoms with Crippen molar-refractivity contribution in [3.63, 3.8) is 0 Å². The Morgan fingerprint density at radius 2 is 1.46 bits per heavy atom. The Hall–Kier alpha value is -3.19. The molecule has 0 aliphatic carbocycles. The molecule has 6 nitrogen and oxygen atoms in total. The number of anilines is 2. The second kappa shape index (κ2) is 7.37. The first-order valence-electron chi connectivity index (χ1n) is 7.78. The summed E-state index contributed by atoms with van der Waals surface area (Å²) in [4.78, 5) is 0.0164. The zero-order valence-electron chi connectivity index (χ0n) is 14.0. The van der Waals surface area contributed by atoms with Crippen molar-refractivity contribution in [1.82, 2.24) is 0 Å². The summed E-state index contributed by atoms with van der Waals surface area (Å²) in [6.45, 7) is 0. The van der Waals surface area contributed by atoms with Crippen LogP contribution in [0.25, 0.3) is 0 Å². The second-order valence-corrected chi connectivity index (χ2v) is 7.07. The fourth-order valence-corrected chi connectivity index (χ4v) is 3.55. The van der Waals surface area contributed by atoms with Gasteiger partial charge in [-0.1, -0.05) is 24.3 Å². The molecule has 0 aromatic heterocycles. The Kier molecular flexibility index (Phi) is 4.99. The minimum absolute atomic E-state index is 0.0164. The van der Waals surface area contributed by atoms with Gasteiger partial charge in [-0.2, -0.15) is 0 Å². The molecule has 134 valence electrons. The molecule has 26 heavy (non-hydrogen) atoms. The highest BCUT2D eigenvalue weighted by Gasteiger charge is 2.21. The maximum atomic E-state index is 12.9. The van der Waals surface area contributed by atoms with E-state index in [9.17, 15) is 8.42 Å². The van der Waals surface area contributed by atoms with E-state index in [1.165, 1.54) is 13.2 Å². The minimum atomic E-state index is -3.88. The standard InChI is InChI=1S/C19H18N2O4S/c1-24-17-7-3-2-6-16(17)21-26(22,23)19-9-5-4-8-18(19)25-15-12-10-14(20)11-13-15/h2-13,21H,20H2,1H3. The highest BCUT2D eigenvalue weighted by atomic mass is 32.2. The molecule has 3 rings (SSSR count). The van der Waals surface area contributed by atoms with E-state index >= 15 is 0 Å². The molecular weight excluding hydrogens is 352 g/mol. The van der Waals surface area contributed by atoms with Crippen molar-refractivity contribution in [2.75, 3.05) is 17.6 Å². The van der Waals surface area contributed by atoms with Crippen molar-refractivity contribution in [2.45, 2.75) is 4.90 Å². The summed E-state index contributed by atoms with van der Waals surface area (Å²) in [6, 6.07) is 19.9. The lowest BCUT2D eigenvalue weighted by Gasteiger charge is -2.14. The third-order valence-electron chi connectivity index (χ3n) is 3.60. The Labute approximate surface area is 152 Å². The maximum Gasteiger partial charge on any atom is 0.265 e. The fraction of sp³-hybridized carbons (Fsp3) is 0.0526. The van der Waals surface area contributed by atoms with Crippen molar-refractivity contribution in [1.29, 1.82) is 0 Å². The number of para-hydroxylation sites is 3. The molecular formula is C19H18N2O4S. The Balaban J connectivity index is 1.94. The first kappa shape index (κ1) is 17.6. The van der Waals surface area contributed by atoms with E-state index in [1.54, 1.807) is 66.7 Å². The quantitative estimate of drug-likeness (QED) is 0.643. The highest BCUT2D eigenvalue weighted by molar-refractivity contribution is 7.92. The van der Waals surface area contributed by atoms with Gasteiger partial charge in [0.15, 0.2) is 0 Å². The molecule has 0 bridgehead atoms. The van der Waals surface area contributed by atoms with Gasteiger partial charge in [-0.25, -0.2) is 8.42 Å². The Morgan fingerprint density at radius 3 is 2.15 bits per heavy atom. The second-order valence-electron chi connectivity index (χ2n) is 5.42. The molecule has 0 spiro atoms. The van der Waals surface area contributed by atoms with Crippen molar-refractivity contribution in [3.8, 4) is 17.2 Å². The molecule has 0 radical (unpaired) electrons. The molecule has 0 amide bonds. The van der Waals surface area contributed by atoms with Crippen LogP contribution in [-0.4, -0.2) is 15.5 Å². The van der Waals surface area contributed by atoms with E-state index in [0.717, 1.165) is 0 Å². The van der Waals surface area contributed by atoms with Gasteiger partial charge in [0.05, 0.1) is 12.8 Å². The van der Waals surface area contributed by atoms with Crippen LogP contribution in [0.15, 0.2) is 77.7 Å². The number of ether oxygens (including phenoxy) is 2. The number of hydrogen-bond donors (Lipinski definition) is 2. The van der Waals surface area contributed by atoms with Gasteiger partial charge in [-0.15, -0.1) is 0 Å². The number of nitrogens with two attached hydrogens (primary N) is 1. The number of methoxy groups -OCH3 is 1. The zero-order valence-corrected chi connectivity index (χ0v) is 14.9. The highest BCUT2D eigenvalue weighted by Crippen LogP contribution is 2.32. The van der Waals surface area contributed by atoms with E-state index in [1.807, 2.05) is 0 Å². The average molecular weight is 370 g/mol. The van der Waals surface area contributed by atoms with E-state index in [-0.39, 0.29) is 10.6 Å². The summed E-state index contributed by atoms with van der Waals surface area (Å²) in [5, 5.41) is 0. The Bertz CT molecular complexity index is 1000. The van der Waals surface area contributed by atoms with Gasteiger partial charge >= 0.3 is 0 Å². The monoisotopic (exact) mass is 370 g/mol. The van der Waals surface area contributed by atoms with Crippen LogP contribution in [0.1, 0.15) is 0 Å². The third kappa shape index (κ3) is 3.89. The summed E-state index contributed by atoms with van der Waals surface area (Å²) in [7, 11) is -2.41. The number of nitrogens with one attached hydrogen (secondary N) is 1. The van der Waals surface area contributed by atoms with Gasteiger partial charge in [-0.3, -0.25) is 4.72 Å². The topological polar surface area (TPSA) is 90.6 Å². The number of sulfonamides is 1. The summed E-state index contributed by atoms with van der Waals surface area (Å²) >= 11 is 0. The van der Waals surface area contributed by atoms with Gasteiger partial charge in [0.1, 0.15) is 22.1 Å². The Morgan fingerprint density at radius 1 is 0.846 bits per heavy atom. The largest absolute Gasteiger partial charge is 0.495 e. The summed E-state index contributed by atoms with van der Waals surface area (Å²) < 4.78 is 39.2. The zero-order chi connectivity index (χ0) is 18.6. The van der Waals surface area contributed by atoms with Gasteiger partial charge in [-0.05, 0) is 48.5 Å². The minimum Gasteiger partial charge on any atom is -0.495 e. The number of nitrogen functional groups attached to an aromatic ring is 1. The van der Waals surface area contributed by atoms with Gasteiger partial charge < -0.3 is 15.2 Å². The normalized spacial score (nSPS) is 11.0. The van der Waals surface area contributed by atoms with E-state index < -0.39 is 10.0 Å². The van der Waals surface area contributed by atoms with Crippen LogP contribution in [0.3, 0.4) is 0 Å². The smallest absolute Gasteiger partial charge is 0.265 e. The molecule has 0 aliphatic heterocycles. The van der Waals surface area contributed by atoms with Gasteiger partial charge in [0.2, 0.25) is 0 Å². The summed E-state index contributed by atoms with van der Waals surface area (Å²) in [5.41, 5.74) is 6.60. The first-order chi connectivity index (χ1) is 12.5. The van der Waals surface area contributed by atoms with E-state index in [0.29, 0.717) is 22.9 Å².